The van der Waals surface area contributed by atoms with Crippen molar-refractivity contribution in [3.05, 3.63) is 88.0 Å². The van der Waals surface area contributed by atoms with Crippen molar-refractivity contribution in [2.24, 2.45) is 0 Å². The van der Waals surface area contributed by atoms with E-state index in [1.807, 2.05) is 32.9 Å². The van der Waals surface area contributed by atoms with Gasteiger partial charge in [0.05, 0.1) is 17.0 Å². The molecule has 0 amide bonds. The molecule has 0 unspecified atom stereocenters. The molecule has 0 fully saturated rings. The first-order valence-electron chi connectivity index (χ1n) is 11.8. The number of aryl methyl sites for hydroxylation is 3. The first kappa shape index (κ1) is 25.9. The summed E-state index contributed by atoms with van der Waals surface area (Å²) in [5, 5.41) is 20.5. The van der Waals surface area contributed by atoms with Gasteiger partial charge in [-0.15, -0.1) is 0 Å². The summed E-state index contributed by atoms with van der Waals surface area (Å²) in [6, 6.07) is 9.22. The van der Waals surface area contributed by atoms with Gasteiger partial charge in [0.15, 0.2) is 5.82 Å². The molecule has 0 aliphatic rings. The third-order valence-electron chi connectivity index (χ3n) is 6.10. The Morgan fingerprint density at radius 2 is 1.76 bits per heavy atom. The van der Waals surface area contributed by atoms with Crippen LogP contribution >= 0.6 is 0 Å². The van der Waals surface area contributed by atoms with Crippen LogP contribution in [0.4, 0.5) is 4.39 Å². The maximum Gasteiger partial charge on any atom is 0.160 e. The minimum Gasteiger partial charge on any atom is -0.487 e. The average molecular weight is 498 g/mol. The van der Waals surface area contributed by atoms with E-state index in [1.54, 1.807) is 45.4 Å². The maximum atomic E-state index is 14.3. The van der Waals surface area contributed by atoms with Gasteiger partial charge >= 0.3 is 0 Å². The van der Waals surface area contributed by atoms with Gasteiger partial charge in [-0.05, 0) is 88.1 Å². The highest BCUT2D eigenvalue weighted by Gasteiger charge is 2.22. The quantitative estimate of drug-likeness (QED) is 0.367. The number of rotatable bonds is 6. The predicted molar refractivity (Wildman–Crippen MR) is 138 cm³/mol. The van der Waals surface area contributed by atoms with E-state index in [-0.39, 0.29) is 12.3 Å². The second-order valence-corrected chi connectivity index (χ2v) is 9.62. The van der Waals surface area contributed by atoms with Gasteiger partial charge in [-0.25, -0.2) is 14.4 Å². The monoisotopic (exact) mass is 497 g/mol. The van der Waals surface area contributed by atoms with Crippen LogP contribution in [0.5, 0.6) is 5.75 Å². The van der Waals surface area contributed by atoms with Crippen LogP contribution in [0.1, 0.15) is 53.2 Å². The highest BCUT2D eigenvalue weighted by Crippen LogP contribution is 2.37. The third-order valence-corrected chi connectivity index (χ3v) is 6.10. The molecule has 1 aromatic carbocycles. The molecule has 188 valence electrons. The van der Waals surface area contributed by atoms with Gasteiger partial charge in [-0.3, -0.25) is 9.97 Å². The van der Waals surface area contributed by atoms with E-state index in [1.165, 1.54) is 6.07 Å². The molecule has 0 bridgehead atoms. The Labute approximate surface area is 215 Å². The number of benzene rings is 1. The van der Waals surface area contributed by atoms with E-state index in [2.05, 4.69) is 26.0 Å². The average Bonchev–Trinajstić information content (AvgIpc) is 2.85. The van der Waals surface area contributed by atoms with Crippen molar-refractivity contribution < 1.29 is 14.2 Å². The van der Waals surface area contributed by atoms with Crippen LogP contribution in [-0.2, 0) is 12.2 Å². The fourth-order valence-electron chi connectivity index (χ4n) is 4.07. The number of aromatic nitrogens is 4. The molecule has 0 aliphatic carbocycles. The molecule has 37 heavy (non-hydrogen) atoms. The Hall–Kier alpha value is -4.22. The molecule has 3 heterocycles. The van der Waals surface area contributed by atoms with Crippen LogP contribution in [0.25, 0.3) is 22.5 Å². The lowest BCUT2D eigenvalue weighted by atomic mass is 9.89. The summed E-state index contributed by atoms with van der Waals surface area (Å²) in [6.07, 6.45) is 4.92. The molecule has 0 saturated heterocycles. The van der Waals surface area contributed by atoms with Gasteiger partial charge in [0.25, 0.3) is 0 Å². The lowest BCUT2D eigenvalue weighted by Crippen LogP contribution is -2.19. The largest absolute Gasteiger partial charge is 0.487 e. The Morgan fingerprint density at radius 3 is 2.43 bits per heavy atom. The number of halogens is 1. The van der Waals surface area contributed by atoms with Crippen molar-refractivity contribution in [1.82, 2.24) is 19.9 Å². The zero-order valence-electron chi connectivity index (χ0n) is 21.7. The second-order valence-electron chi connectivity index (χ2n) is 9.62. The number of aliphatic hydroxyl groups is 1. The summed E-state index contributed by atoms with van der Waals surface area (Å²) in [5.41, 5.74) is 5.33. The molecule has 0 atom stereocenters. The van der Waals surface area contributed by atoms with Gasteiger partial charge in [-0.2, -0.15) is 5.26 Å². The highest BCUT2D eigenvalue weighted by molar-refractivity contribution is 5.81. The molecule has 0 spiro atoms. The molecule has 0 radical (unpaired) electrons. The minimum absolute atomic E-state index is 0.0493. The molecule has 0 aliphatic heterocycles. The molecule has 0 saturated carbocycles. The molecule has 1 N–H and O–H groups in total. The van der Waals surface area contributed by atoms with Gasteiger partial charge in [0.2, 0.25) is 0 Å². The van der Waals surface area contributed by atoms with Crippen LogP contribution in [0, 0.1) is 44.8 Å². The van der Waals surface area contributed by atoms with E-state index < -0.39 is 11.4 Å². The van der Waals surface area contributed by atoms with Gasteiger partial charge in [0, 0.05) is 29.7 Å². The molecule has 3 aromatic heterocycles. The number of hydrogen-bond acceptors (Lipinski definition) is 7. The van der Waals surface area contributed by atoms with Crippen molar-refractivity contribution in [1.29, 1.82) is 5.26 Å². The van der Waals surface area contributed by atoms with E-state index in [0.29, 0.717) is 34.1 Å². The van der Waals surface area contributed by atoms with E-state index in [0.717, 1.165) is 27.8 Å². The van der Waals surface area contributed by atoms with E-state index in [9.17, 15) is 14.8 Å². The summed E-state index contributed by atoms with van der Waals surface area (Å²) >= 11 is 0. The number of ether oxygens (including phenoxy) is 1. The smallest absolute Gasteiger partial charge is 0.160 e. The Morgan fingerprint density at radius 1 is 1.00 bits per heavy atom. The fraction of sp³-hybridized carbons (Fsp3) is 0.276. The molecule has 8 heteroatoms. The van der Waals surface area contributed by atoms with Crippen molar-refractivity contribution in [3.8, 4) is 34.3 Å². The van der Waals surface area contributed by atoms with Crippen molar-refractivity contribution >= 4 is 0 Å². The van der Waals surface area contributed by atoms with Crippen LogP contribution in [-0.4, -0.2) is 25.0 Å². The third kappa shape index (κ3) is 5.32. The number of nitriles is 1. The van der Waals surface area contributed by atoms with Gasteiger partial charge in [-0.1, -0.05) is 0 Å². The summed E-state index contributed by atoms with van der Waals surface area (Å²) in [4.78, 5) is 17.3. The summed E-state index contributed by atoms with van der Waals surface area (Å²) in [5.74, 6) is 0.362. The predicted octanol–water partition coefficient (Wildman–Crippen LogP) is 5.65. The van der Waals surface area contributed by atoms with Crippen LogP contribution in [0.15, 0.2) is 42.9 Å². The first-order valence-corrected chi connectivity index (χ1v) is 11.8. The van der Waals surface area contributed by atoms with Crippen LogP contribution in [0.2, 0.25) is 0 Å². The van der Waals surface area contributed by atoms with Gasteiger partial charge < -0.3 is 9.84 Å². The normalized spacial score (nSPS) is 11.3. The Kier molecular flexibility index (Phi) is 7.01. The standard InChI is InChI=1S/C29H28FN5O2/c1-16-9-22(30)25(33-13-16)15-37-26-10-17(2)27(21(12-31)19(26)4)20-11-24(34-14-18(20)3)23-7-8-32-28(35-23)29(5,6)36/h7-11,13-14,36H,15H2,1-6H3. The lowest BCUT2D eigenvalue weighted by molar-refractivity contribution is 0.0688. The van der Waals surface area contributed by atoms with E-state index in [4.69, 9.17) is 4.74 Å². The Bertz CT molecular complexity index is 1540. The minimum atomic E-state index is -1.20. The fourth-order valence-corrected chi connectivity index (χ4v) is 4.07. The second kappa shape index (κ2) is 10.0. The zero-order chi connectivity index (χ0) is 26.9. The van der Waals surface area contributed by atoms with Gasteiger partial charge in [0.1, 0.15) is 35.5 Å². The zero-order valence-corrected chi connectivity index (χ0v) is 21.7. The molecular formula is C29H28FN5O2. The maximum absolute atomic E-state index is 14.3. The molecule has 4 rings (SSSR count). The van der Waals surface area contributed by atoms with Crippen molar-refractivity contribution in [3.63, 3.8) is 0 Å². The SMILES string of the molecule is Cc1cnc(COc2cc(C)c(-c3cc(-c4ccnc(C(C)(C)O)n4)ncc3C)c(C#N)c2C)c(F)c1. The summed E-state index contributed by atoms with van der Waals surface area (Å²) in [7, 11) is 0. The van der Waals surface area contributed by atoms with E-state index >= 15 is 0 Å². The van der Waals surface area contributed by atoms with Crippen LogP contribution < -0.4 is 4.74 Å². The summed E-state index contributed by atoms with van der Waals surface area (Å²) < 4.78 is 20.2. The number of nitrogens with zero attached hydrogens (tertiary/aromatic N) is 5. The first-order chi connectivity index (χ1) is 17.5. The topological polar surface area (TPSA) is 105 Å². The number of pyridine rings is 2. The molecular weight excluding hydrogens is 469 g/mol. The van der Waals surface area contributed by atoms with Crippen molar-refractivity contribution in [2.75, 3.05) is 0 Å². The van der Waals surface area contributed by atoms with Crippen molar-refractivity contribution in [2.45, 2.75) is 53.8 Å². The lowest BCUT2D eigenvalue weighted by Gasteiger charge is -2.18. The highest BCUT2D eigenvalue weighted by atomic mass is 19.1. The molecule has 7 nitrogen and oxygen atoms in total. The summed E-state index contributed by atoms with van der Waals surface area (Å²) in [6.45, 7) is 10.6. The Balaban J connectivity index is 1.76. The van der Waals surface area contributed by atoms with Crippen LogP contribution in [0.3, 0.4) is 0 Å². The number of hydrogen-bond donors (Lipinski definition) is 1. The molecule has 4 aromatic rings.